The number of rotatable bonds is 5. The Kier molecular flexibility index (Phi) is 4.13. The highest BCUT2D eigenvalue weighted by molar-refractivity contribution is 7.13. The van der Waals surface area contributed by atoms with Crippen molar-refractivity contribution in [2.24, 2.45) is 0 Å². The molecule has 4 rings (SSSR count). The van der Waals surface area contributed by atoms with E-state index in [9.17, 15) is 4.79 Å². The van der Waals surface area contributed by atoms with Crippen LogP contribution in [-0.4, -0.2) is 10.9 Å². The van der Waals surface area contributed by atoms with Crippen molar-refractivity contribution in [1.29, 1.82) is 0 Å². The van der Waals surface area contributed by atoms with E-state index in [4.69, 9.17) is 0 Å². The van der Waals surface area contributed by atoms with Gasteiger partial charge in [0.05, 0.1) is 0 Å². The van der Waals surface area contributed by atoms with Crippen molar-refractivity contribution in [2.75, 3.05) is 0 Å². The van der Waals surface area contributed by atoms with Gasteiger partial charge >= 0.3 is 0 Å². The number of hydrogen-bond acceptors (Lipinski definition) is 3. The molecule has 0 spiro atoms. The fourth-order valence-corrected chi connectivity index (χ4v) is 3.49. The number of amides is 1. The van der Waals surface area contributed by atoms with Crippen LogP contribution in [0.4, 0.5) is 0 Å². The van der Waals surface area contributed by atoms with Gasteiger partial charge in [-0.15, -0.1) is 11.3 Å². The maximum Gasteiger partial charge on any atom is 0.251 e. The molecule has 1 aliphatic carbocycles. The molecule has 24 heavy (non-hydrogen) atoms. The number of carbonyl (C=O) groups excluding carboxylic acids is 1. The quantitative estimate of drug-likeness (QED) is 0.740. The van der Waals surface area contributed by atoms with E-state index >= 15 is 0 Å². The van der Waals surface area contributed by atoms with Gasteiger partial charge in [-0.25, -0.2) is 0 Å². The molecule has 2 heterocycles. The summed E-state index contributed by atoms with van der Waals surface area (Å²) in [6.45, 7) is 0.513. The minimum absolute atomic E-state index is 0.0513. The van der Waals surface area contributed by atoms with Crippen LogP contribution in [0, 0.1) is 0 Å². The van der Waals surface area contributed by atoms with Crippen molar-refractivity contribution >= 4 is 17.2 Å². The fraction of sp³-hybridized carbons (Fsp3) is 0.200. The van der Waals surface area contributed by atoms with Crippen molar-refractivity contribution in [3.63, 3.8) is 0 Å². The summed E-state index contributed by atoms with van der Waals surface area (Å²) in [6, 6.07) is 14.0. The normalized spacial score (nSPS) is 13.7. The molecule has 2 aromatic heterocycles. The van der Waals surface area contributed by atoms with Crippen LogP contribution in [0.15, 0.2) is 60.2 Å². The van der Waals surface area contributed by atoms with E-state index < -0.39 is 0 Å². The van der Waals surface area contributed by atoms with E-state index in [-0.39, 0.29) is 5.91 Å². The molecule has 1 aromatic carbocycles. The molecule has 3 aromatic rings. The first-order valence-corrected chi connectivity index (χ1v) is 9.03. The summed E-state index contributed by atoms with van der Waals surface area (Å²) in [5.41, 5.74) is 4.18. The van der Waals surface area contributed by atoms with E-state index in [0.29, 0.717) is 18.0 Å². The van der Waals surface area contributed by atoms with Gasteiger partial charge in [0.25, 0.3) is 5.91 Å². The Labute approximate surface area is 145 Å². The summed E-state index contributed by atoms with van der Waals surface area (Å²) in [4.78, 5) is 17.8. The van der Waals surface area contributed by atoms with E-state index in [1.807, 2.05) is 42.7 Å². The zero-order valence-electron chi connectivity index (χ0n) is 13.2. The van der Waals surface area contributed by atoms with Crippen LogP contribution < -0.4 is 5.32 Å². The van der Waals surface area contributed by atoms with Crippen molar-refractivity contribution in [1.82, 2.24) is 10.3 Å². The lowest BCUT2D eigenvalue weighted by molar-refractivity contribution is 0.0951. The van der Waals surface area contributed by atoms with Crippen molar-refractivity contribution in [2.45, 2.75) is 25.3 Å². The van der Waals surface area contributed by atoms with Gasteiger partial charge in [-0.1, -0.05) is 24.3 Å². The van der Waals surface area contributed by atoms with Gasteiger partial charge in [0.1, 0.15) is 0 Å². The molecule has 0 radical (unpaired) electrons. The molecule has 1 fully saturated rings. The fourth-order valence-electron chi connectivity index (χ4n) is 2.76. The third-order valence-electron chi connectivity index (χ3n) is 4.27. The van der Waals surface area contributed by atoms with E-state index in [1.54, 1.807) is 11.3 Å². The molecular formula is C20H18N2OS. The first-order chi connectivity index (χ1) is 11.8. The number of thiophene rings is 1. The van der Waals surface area contributed by atoms with Crippen LogP contribution in [0.1, 0.15) is 40.2 Å². The lowest BCUT2D eigenvalue weighted by Gasteiger charge is -2.07. The molecule has 0 unspecified atom stereocenters. The van der Waals surface area contributed by atoms with Crippen LogP contribution >= 0.6 is 11.3 Å². The van der Waals surface area contributed by atoms with Gasteiger partial charge in [-0.2, -0.15) is 0 Å². The molecule has 3 nitrogen and oxygen atoms in total. The third-order valence-corrected chi connectivity index (χ3v) is 5.19. The largest absolute Gasteiger partial charge is 0.348 e. The molecule has 0 atom stereocenters. The lowest BCUT2D eigenvalue weighted by atomic mass is 10.1. The Morgan fingerprint density at radius 1 is 1.17 bits per heavy atom. The number of benzene rings is 1. The van der Waals surface area contributed by atoms with Gasteiger partial charge in [0, 0.05) is 29.4 Å². The SMILES string of the molecule is O=C(NCc1cncc(C2CC2)c1)c1ccc(-c2cccs2)cc1. The highest BCUT2D eigenvalue weighted by atomic mass is 32.1. The Balaban J connectivity index is 1.40. The molecule has 1 amide bonds. The van der Waals surface area contributed by atoms with E-state index in [0.717, 1.165) is 11.1 Å². The van der Waals surface area contributed by atoms with Gasteiger partial charge < -0.3 is 5.32 Å². The monoisotopic (exact) mass is 334 g/mol. The lowest BCUT2D eigenvalue weighted by Crippen LogP contribution is -2.22. The van der Waals surface area contributed by atoms with Crippen molar-refractivity contribution in [3.8, 4) is 10.4 Å². The molecule has 4 heteroatoms. The van der Waals surface area contributed by atoms with E-state index in [1.165, 1.54) is 23.3 Å². The summed E-state index contributed by atoms with van der Waals surface area (Å²) >= 11 is 1.70. The van der Waals surface area contributed by atoms with Gasteiger partial charge in [-0.05, 0) is 59.0 Å². The second-order valence-electron chi connectivity index (χ2n) is 6.14. The van der Waals surface area contributed by atoms with Gasteiger partial charge in [-0.3, -0.25) is 9.78 Å². The number of nitrogens with one attached hydrogen (secondary N) is 1. The number of carbonyl (C=O) groups is 1. The van der Waals surface area contributed by atoms with Crippen molar-refractivity contribution in [3.05, 3.63) is 76.9 Å². The minimum atomic E-state index is -0.0513. The standard InChI is InChI=1S/C20H18N2OS/c23-20(17-7-5-16(6-8-17)19-2-1-9-24-19)22-12-14-10-18(13-21-11-14)15-3-4-15/h1-2,5-11,13,15H,3-4,12H2,(H,22,23). The van der Waals surface area contributed by atoms with Gasteiger partial charge in [0.15, 0.2) is 0 Å². The molecule has 1 aliphatic rings. The average Bonchev–Trinajstić information content (AvgIpc) is 3.34. The topological polar surface area (TPSA) is 42.0 Å². The molecule has 1 saturated carbocycles. The zero-order chi connectivity index (χ0) is 16.4. The predicted molar refractivity (Wildman–Crippen MR) is 97.1 cm³/mol. The number of aromatic nitrogens is 1. The molecule has 120 valence electrons. The summed E-state index contributed by atoms with van der Waals surface area (Å²) < 4.78 is 0. The smallest absolute Gasteiger partial charge is 0.251 e. The van der Waals surface area contributed by atoms with Crippen LogP contribution in [0.25, 0.3) is 10.4 Å². The van der Waals surface area contributed by atoms with Crippen LogP contribution in [0.3, 0.4) is 0 Å². The Morgan fingerprint density at radius 3 is 2.71 bits per heavy atom. The molecular weight excluding hydrogens is 316 g/mol. The number of pyridine rings is 1. The van der Waals surface area contributed by atoms with Crippen LogP contribution in [-0.2, 0) is 6.54 Å². The van der Waals surface area contributed by atoms with Gasteiger partial charge in [0.2, 0.25) is 0 Å². The summed E-state index contributed by atoms with van der Waals surface area (Å²) in [7, 11) is 0. The van der Waals surface area contributed by atoms with E-state index in [2.05, 4.69) is 27.8 Å². The second kappa shape index (κ2) is 6.57. The Bertz CT molecular complexity index is 836. The molecule has 1 N–H and O–H groups in total. The number of hydrogen-bond donors (Lipinski definition) is 1. The average molecular weight is 334 g/mol. The zero-order valence-corrected chi connectivity index (χ0v) is 14.1. The summed E-state index contributed by atoms with van der Waals surface area (Å²) in [5.74, 6) is 0.627. The predicted octanol–water partition coefficient (Wildman–Crippen LogP) is 4.62. The minimum Gasteiger partial charge on any atom is -0.348 e. The Morgan fingerprint density at radius 2 is 2.00 bits per heavy atom. The highest BCUT2D eigenvalue weighted by Crippen LogP contribution is 2.39. The first-order valence-electron chi connectivity index (χ1n) is 8.15. The highest BCUT2D eigenvalue weighted by Gasteiger charge is 2.23. The van der Waals surface area contributed by atoms with Crippen molar-refractivity contribution < 1.29 is 4.79 Å². The van der Waals surface area contributed by atoms with Crippen LogP contribution in [0.5, 0.6) is 0 Å². The summed E-state index contributed by atoms with van der Waals surface area (Å²) in [5, 5.41) is 5.03. The molecule has 0 bridgehead atoms. The maximum atomic E-state index is 12.3. The maximum absolute atomic E-state index is 12.3. The molecule has 0 saturated heterocycles. The first kappa shape index (κ1) is 15.1. The molecule has 0 aliphatic heterocycles. The second-order valence-corrected chi connectivity index (χ2v) is 7.09. The third kappa shape index (κ3) is 3.39. The number of nitrogens with zero attached hydrogens (tertiary/aromatic N) is 1. The summed E-state index contributed by atoms with van der Waals surface area (Å²) in [6.07, 6.45) is 6.28. The Hall–Kier alpha value is -2.46. The van der Waals surface area contributed by atoms with Crippen LogP contribution in [0.2, 0.25) is 0 Å².